The van der Waals surface area contributed by atoms with Crippen molar-refractivity contribution < 1.29 is 24.9 Å². The Bertz CT molecular complexity index is 1360. The van der Waals surface area contributed by atoms with E-state index >= 15 is 0 Å². The Hall–Kier alpha value is -4.02. The number of nitrogens with one attached hydrogen (secondary N) is 2. The summed E-state index contributed by atoms with van der Waals surface area (Å²) in [7, 11) is 0. The molecule has 10 nitrogen and oxygen atoms in total. The maximum absolute atomic E-state index is 12.7. The molecule has 10 heteroatoms. The van der Waals surface area contributed by atoms with Crippen LogP contribution in [0.2, 0.25) is 0 Å². The number of nitrogens with two attached hydrogens (primary N) is 3. The van der Waals surface area contributed by atoms with Crippen molar-refractivity contribution in [3.05, 3.63) is 47.7 Å². The Labute approximate surface area is 181 Å². The molecule has 0 aliphatic heterocycles. The highest BCUT2D eigenvalue weighted by molar-refractivity contribution is 6.06. The Morgan fingerprint density at radius 3 is 2.38 bits per heavy atom. The van der Waals surface area contributed by atoms with Crippen molar-refractivity contribution in [2.45, 2.75) is 24.9 Å². The number of hydrogen-bond acceptors (Lipinski definition) is 5. The monoisotopic (exact) mass is 436 g/mol. The smallest absolute Gasteiger partial charge is 0.320 e. The first-order valence-electron chi connectivity index (χ1n) is 9.85. The predicted octanol–water partition coefficient (Wildman–Crippen LogP) is 1.95. The molecule has 0 saturated carbocycles. The van der Waals surface area contributed by atoms with E-state index in [2.05, 4.69) is 9.97 Å². The molecule has 0 spiro atoms. The number of aromatic nitrogens is 2. The molecule has 4 aromatic rings. The Morgan fingerprint density at radius 1 is 1.03 bits per heavy atom. The van der Waals surface area contributed by atoms with Crippen molar-refractivity contribution in [3.8, 4) is 17.0 Å². The second-order valence-electron chi connectivity index (χ2n) is 7.73. The average Bonchev–Trinajstić information content (AvgIpc) is 3.33. The van der Waals surface area contributed by atoms with Crippen LogP contribution in [0.25, 0.3) is 33.1 Å². The Kier molecular flexibility index (Phi) is 5.25. The lowest BCUT2D eigenvalue weighted by molar-refractivity contribution is -0.139. The van der Waals surface area contributed by atoms with Gasteiger partial charge in [0.15, 0.2) is 0 Å². The quantitative estimate of drug-likeness (QED) is 0.214. The first kappa shape index (κ1) is 21.2. The van der Waals surface area contributed by atoms with E-state index in [-0.39, 0.29) is 24.0 Å². The zero-order valence-corrected chi connectivity index (χ0v) is 16.9. The molecular weight excluding hydrogens is 414 g/mol. The number of para-hydroxylation sites is 1. The summed E-state index contributed by atoms with van der Waals surface area (Å²) >= 11 is 0. The molecule has 2 atom stereocenters. The fourth-order valence-electron chi connectivity index (χ4n) is 4.02. The number of carbonyl (C=O) groups is 2. The molecule has 0 aliphatic carbocycles. The summed E-state index contributed by atoms with van der Waals surface area (Å²) in [5, 5.41) is 32.5. The van der Waals surface area contributed by atoms with E-state index in [1.807, 2.05) is 24.3 Å². The van der Waals surface area contributed by atoms with Gasteiger partial charge in [-0.2, -0.15) is 0 Å². The summed E-state index contributed by atoms with van der Waals surface area (Å²) < 4.78 is 0. The van der Waals surface area contributed by atoms with E-state index in [4.69, 9.17) is 17.2 Å². The third-order valence-electron chi connectivity index (χ3n) is 5.60. The molecule has 1 radical (unpaired) electrons. The molecule has 165 valence electrons. The standard InChI is InChI=1S/C22H22N5O5/c23-13-7-12(17-9(5-14(24)21(29)30)8-26-19(17)20(13)28)18-11(6-15(25)22(31)32)10-3-1-2-4-16(10)27-18/h1-4,7-8,14-15,26-27H,5-6,23-25H2,(H,29,30)(H,31,32)/t14-,15-/m0/s1. The summed E-state index contributed by atoms with van der Waals surface area (Å²) in [6.45, 7) is 0. The number of benzene rings is 2. The van der Waals surface area contributed by atoms with Crippen LogP contribution < -0.4 is 17.2 Å². The number of rotatable bonds is 7. The van der Waals surface area contributed by atoms with E-state index in [1.54, 1.807) is 6.20 Å². The number of hydrogen-bond donors (Lipinski definition) is 7. The topological polar surface area (TPSA) is 204 Å². The maximum atomic E-state index is 12.7. The molecular formula is C22H22N5O5. The highest BCUT2D eigenvalue weighted by atomic mass is 16.4. The van der Waals surface area contributed by atoms with E-state index < -0.39 is 29.8 Å². The van der Waals surface area contributed by atoms with Crippen LogP contribution in [-0.4, -0.2) is 44.2 Å². The number of H-pyrrole nitrogens is 2. The van der Waals surface area contributed by atoms with Crippen LogP contribution >= 0.6 is 0 Å². The van der Waals surface area contributed by atoms with Crippen molar-refractivity contribution in [1.29, 1.82) is 0 Å². The van der Waals surface area contributed by atoms with Crippen LogP contribution in [0.15, 0.2) is 36.5 Å². The second kappa shape index (κ2) is 7.91. The summed E-state index contributed by atoms with van der Waals surface area (Å²) in [6, 6.07) is 6.54. The van der Waals surface area contributed by atoms with Gasteiger partial charge in [0.05, 0.1) is 16.9 Å². The van der Waals surface area contributed by atoms with Crippen LogP contribution in [0.3, 0.4) is 0 Å². The summed E-state index contributed by atoms with van der Waals surface area (Å²) in [5.41, 5.74) is 20.8. The van der Waals surface area contributed by atoms with E-state index in [1.165, 1.54) is 6.07 Å². The zero-order chi connectivity index (χ0) is 23.2. The van der Waals surface area contributed by atoms with E-state index in [9.17, 15) is 24.9 Å². The van der Waals surface area contributed by atoms with Gasteiger partial charge >= 0.3 is 11.9 Å². The average molecular weight is 436 g/mol. The van der Waals surface area contributed by atoms with Gasteiger partial charge in [-0.15, -0.1) is 0 Å². The number of carboxylic acids is 2. The molecule has 4 rings (SSSR count). The third kappa shape index (κ3) is 3.51. The molecule has 0 unspecified atom stereocenters. The number of fused-ring (bicyclic) bond motifs is 2. The molecule has 0 saturated heterocycles. The number of aromatic amines is 2. The number of nitrogen functional groups attached to an aromatic ring is 1. The molecule has 2 aromatic heterocycles. The first-order chi connectivity index (χ1) is 15.2. The van der Waals surface area contributed by atoms with Crippen LogP contribution in [0.5, 0.6) is 5.75 Å². The highest BCUT2D eigenvalue weighted by Gasteiger charge is 2.25. The highest BCUT2D eigenvalue weighted by Crippen LogP contribution is 2.42. The SMILES string of the molecule is Nc1cc(-c2[nH]c3ccccc3c2C[C@H](N)C(=O)O)c2c(C[C@H](N)C(=O)O)c[nH]c2c1[O]. The van der Waals surface area contributed by atoms with Crippen molar-refractivity contribution in [1.82, 2.24) is 9.97 Å². The predicted molar refractivity (Wildman–Crippen MR) is 119 cm³/mol. The molecule has 0 aliphatic rings. The van der Waals surface area contributed by atoms with Gasteiger partial charge in [0.25, 0.3) is 0 Å². The fourth-order valence-corrected chi connectivity index (χ4v) is 4.02. The molecule has 0 bridgehead atoms. The molecule has 2 aromatic carbocycles. The summed E-state index contributed by atoms with van der Waals surface area (Å²) in [4.78, 5) is 28.9. The minimum absolute atomic E-state index is 0.00410. The molecule has 32 heavy (non-hydrogen) atoms. The number of carboxylic acid groups (broad SMARTS) is 2. The molecule has 10 N–H and O–H groups in total. The van der Waals surface area contributed by atoms with Crippen molar-refractivity contribution in [2.24, 2.45) is 11.5 Å². The number of aliphatic carboxylic acids is 2. The zero-order valence-electron chi connectivity index (χ0n) is 16.9. The van der Waals surface area contributed by atoms with Crippen LogP contribution in [0.1, 0.15) is 11.1 Å². The Morgan fingerprint density at radius 2 is 1.69 bits per heavy atom. The fraction of sp³-hybridized carbons (Fsp3) is 0.182. The van der Waals surface area contributed by atoms with Crippen LogP contribution in [-0.2, 0) is 27.5 Å². The number of anilines is 1. The first-order valence-corrected chi connectivity index (χ1v) is 9.85. The van der Waals surface area contributed by atoms with Crippen molar-refractivity contribution >= 4 is 39.4 Å². The third-order valence-corrected chi connectivity index (χ3v) is 5.60. The summed E-state index contributed by atoms with van der Waals surface area (Å²) in [6.07, 6.45) is 1.56. The molecule has 2 heterocycles. The lowest BCUT2D eigenvalue weighted by atomic mass is 9.94. The van der Waals surface area contributed by atoms with E-state index in [0.717, 1.165) is 10.9 Å². The van der Waals surface area contributed by atoms with Crippen LogP contribution in [0.4, 0.5) is 5.69 Å². The van der Waals surface area contributed by atoms with Gasteiger partial charge in [-0.05, 0) is 23.3 Å². The normalized spacial score (nSPS) is 13.4. The van der Waals surface area contributed by atoms with Gasteiger partial charge in [-0.1, -0.05) is 18.2 Å². The van der Waals surface area contributed by atoms with Gasteiger partial charge in [-0.3, -0.25) is 14.7 Å². The minimum Gasteiger partial charge on any atom is -0.480 e. The minimum atomic E-state index is -1.17. The van der Waals surface area contributed by atoms with E-state index in [0.29, 0.717) is 27.8 Å². The van der Waals surface area contributed by atoms with Gasteiger partial charge in [0.2, 0.25) is 5.75 Å². The molecule has 0 fully saturated rings. The molecule has 0 amide bonds. The van der Waals surface area contributed by atoms with Crippen molar-refractivity contribution in [2.75, 3.05) is 5.73 Å². The lowest BCUT2D eigenvalue weighted by Crippen LogP contribution is -2.32. The Balaban J connectivity index is 2.01. The maximum Gasteiger partial charge on any atom is 0.320 e. The second-order valence-corrected chi connectivity index (χ2v) is 7.73. The summed E-state index contributed by atoms with van der Waals surface area (Å²) in [5.74, 6) is -2.73. The van der Waals surface area contributed by atoms with Crippen molar-refractivity contribution in [3.63, 3.8) is 0 Å². The van der Waals surface area contributed by atoms with Gasteiger partial charge in [0, 0.05) is 40.9 Å². The van der Waals surface area contributed by atoms with Crippen LogP contribution in [0, 0.1) is 0 Å². The lowest BCUT2D eigenvalue weighted by Gasteiger charge is -2.13. The van der Waals surface area contributed by atoms with Gasteiger partial charge < -0.3 is 37.4 Å². The van der Waals surface area contributed by atoms with Gasteiger partial charge in [-0.25, -0.2) is 0 Å². The largest absolute Gasteiger partial charge is 0.480 e. The van der Waals surface area contributed by atoms with Gasteiger partial charge in [0.1, 0.15) is 12.1 Å².